The summed E-state index contributed by atoms with van der Waals surface area (Å²) in [6.07, 6.45) is 1.85. The van der Waals surface area contributed by atoms with Crippen LogP contribution in [0, 0.1) is 21.4 Å². The van der Waals surface area contributed by atoms with E-state index in [0.717, 1.165) is 44.1 Å². The summed E-state index contributed by atoms with van der Waals surface area (Å²) in [6.45, 7) is 7.85. The first kappa shape index (κ1) is 20.5. The number of hydrogen-bond donors (Lipinski definition) is 1. The van der Waals surface area contributed by atoms with Crippen LogP contribution in [0.1, 0.15) is 18.1 Å². The summed E-state index contributed by atoms with van der Waals surface area (Å²) < 4.78 is 0. The maximum absolute atomic E-state index is 11.0. The van der Waals surface area contributed by atoms with Gasteiger partial charge in [0.15, 0.2) is 0 Å². The molecule has 3 heterocycles. The Labute approximate surface area is 180 Å². The molecule has 31 heavy (non-hydrogen) atoms. The molecule has 0 bridgehead atoms. The van der Waals surface area contributed by atoms with E-state index in [4.69, 9.17) is 0 Å². The number of aromatic nitrogens is 2. The summed E-state index contributed by atoms with van der Waals surface area (Å²) in [4.78, 5) is 24.3. The van der Waals surface area contributed by atoms with E-state index in [1.165, 1.54) is 12.1 Å². The summed E-state index contributed by atoms with van der Waals surface area (Å²) in [5.74, 6) is 1.52. The molecule has 9 nitrogen and oxygen atoms in total. The average Bonchev–Trinajstić information content (AvgIpc) is 2.82. The van der Waals surface area contributed by atoms with E-state index >= 15 is 0 Å². The minimum absolute atomic E-state index is 0.0613. The van der Waals surface area contributed by atoms with Crippen LogP contribution in [0.5, 0.6) is 0 Å². The molecule has 0 unspecified atom stereocenters. The van der Waals surface area contributed by atoms with Crippen LogP contribution in [0.2, 0.25) is 0 Å². The Hall–Kier alpha value is -3.77. The summed E-state index contributed by atoms with van der Waals surface area (Å²) >= 11 is 0. The highest BCUT2D eigenvalue weighted by molar-refractivity contribution is 5.88. The first-order chi connectivity index (χ1) is 15.1. The Morgan fingerprint density at radius 1 is 1.19 bits per heavy atom. The van der Waals surface area contributed by atoms with Gasteiger partial charge in [0.1, 0.15) is 11.6 Å². The third-order valence-corrected chi connectivity index (χ3v) is 5.55. The lowest BCUT2D eigenvalue weighted by Crippen LogP contribution is -2.46. The van der Waals surface area contributed by atoms with Crippen molar-refractivity contribution in [3.8, 4) is 6.07 Å². The van der Waals surface area contributed by atoms with Crippen LogP contribution >= 0.6 is 0 Å². The molecular weight excluding hydrogens is 394 g/mol. The summed E-state index contributed by atoms with van der Waals surface area (Å²) in [5, 5.41) is 24.2. The highest BCUT2D eigenvalue weighted by Crippen LogP contribution is 2.25. The standard InChI is InChI=1S/C22H23N7O2/c1-2-27-7-9-28(10-8-27)22-6-3-16(15-25-22)14-24-21-11-17(13-23)19-12-18(29(30)31)4-5-20(19)26-21/h3-6,11-12,15H,2,7-10,14H2,1H3,(H,24,26). The predicted octanol–water partition coefficient (Wildman–Crippen LogP) is 3.16. The Kier molecular flexibility index (Phi) is 5.91. The van der Waals surface area contributed by atoms with Crippen molar-refractivity contribution in [3.05, 3.63) is 63.8 Å². The zero-order valence-electron chi connectivity index (χ0n) is 17.3. The van der Waals surface area contributed by atoms with Crippen molar-refractivity contribution in [1.82, 2.24) is 14.9 Å². The molecule has 0 amide bonds. The molecule has 9 heteroatoms. The highest BCUT2D eigenvalue weighted by atomic mass is 16.6. The summed E-state index contributed by atoms with van der Waals surface area (Å²) in [7, 11) is 0. The largest absolute Gasteiger partial charge is 0.366 e. The number of rotatable bonds is 6. The van der Waals surface area contributed by atoms with Gasteiger partial charge in [-0.25, -0.2) is 9.97 Å². The van der Waals surface area contributed by atoms with Gasteiger partial charge in [-0.2, -0.15) is 5.26 Å². The van der Waals surface area contributed by atoms with Crippen molar-refractivity contribution < 1.29 is 4.92 Å². The van der Waals surface area contributed by atoms with Gasteiger partial charge in [-0.05, 0) is 30.3 Å². The van der Waals surface area contributed by atoms with Gasteiger partial charge in [-0.15, -0.1) is 0 Å². The van der Waals surface area contributed by atoms with E-state index in [1.807, 2.05) is 18.3 Å². The Balaban J connectivity index is 1.45. The molecule has 2 aromatic heterocycles. The van der Waals surface area contributed by atoms with Crippen molar-refractivity contribution in [1.29, 1.82) is 5.26 Å². The van der Waals surface area contributed by atoms with Gasteiger partial charge < -0.3 is 15.1 Å². The van der Waals surface area contributed by atoms with E-state index in [1.54, 1.807) is 12.1 Å². The molecule has 0 saturated carbocycles. The number of pyridine rings is 2. The third kappa shape index (κ3) is 4.54. The number of piperazine rings is 1. The fourth-order valence-electron chi connectivity index (χ4n) is 3.70. The Morgan fingerprint density at radius 2 is 2.00 bits per heavy atom. The van der Waals surface area contributed by atoms with Crippen molar-refractivity contribution in [2.24, 2.45) is 0 Å². The van der Waals surface area contributed by atoms with E-state index in [2.05, 4.69) is 38.1 Å². The number of nitro benzene ring substituents is 1. The third-order valence-electron chi connectivity index (χ3n) is 5.55. The maximum atomic E-state index is 11.0. The molecule has 1 N–H and O–H groups in total. The average molecular weight is 417 g/mol. The lowest BCUT2D eigenvalue weighted by atomic mass is 10.1. The van der Waals surface area contributed by atoms with Crippen LogP contribution in [-0.4, -0.2) is 52.5 Å². The van der Waals surface area contributed by atoms with E-state index in [0.29, 0.717) is 28.8 Å². The van der Waals surface area contributed by atoms with Gasteiger partial charge in [-0.3, -0.25) is 10.1 Å². The lowest BCUT2D eigenvalue weighted by molar-refractivity contribution is -0.384. The lowest BCUT2D eigenvalue weighted by Gasteiger charge is -2.34. The number of hydrogen-bond acceptors (Lipinski definition) is 8. The van der Waals surface area contributed by atoms with Crippen LogP contribution in [0.25, 0.3) is 10.9 Å². The second-order valence-corrected chi connectivity index (χ2v) is 7.42. The van der Waals surface area contributed by atoms with Gasteiger partial charge in [0.25, 0.3) is 5.69 Å². The number of fused-ring (bicyclic) bond motifs is 1. The molecule has 1 saturated heterocycles. The fraction of sp³-hybridized carbons (Fsp3) is 0.318. The van der Waals surface area contributed by atoms with Gasteiger partial charge in [0, 0.05) is 56.4 Å². The van der Waals surface area contributed by atoms with E-state index in [-0.39, 0.29) is 5.69 Å². The molecule has 1 fully saturated rings. The number of nitrogens with zero attached hydrogens (tertiary/aromatic N) is 6. The van der Waals surface area contributed by atoms with Crippen molar-refractivity contribution in [3.63, 3.8) is 0 Å². The van der Waals surface area contributed by atoms with Gasteiger partial charge >= 0.3 is 0 Å². The first-order valence-corrected chi connectivity index (χ1v) is 10.2. The molecule has 1 aliphatic rings. The second kappa shape index (κ2) is 8.93. The molecule has 0 radical (unpaired) electrons. The Bertz CT molecular complexity index is 1130. The van der Waals surface area contributed by atoms with E-state index < -0.39 is 4.92 Å². The van der Waals surface area contributed by atoms with Gasteiger partial charge in [0.2, 0.25) is 0 Å². The minimum atomic E-state index is -0.479. The monoisotopic (exact) mass is 417 g/mol. The topological polar surface area (TPSA) is 111 Å². The number of anilines is 2. The van der Waals surface area contributed by atoms with Crippen molar-refractivity contribution in [2.75, 3.05) is 42.9 Å². The number of nitro groups is 1. The molecule has 0 spiro atoms. The highest BCUT2D eigenvalue weighted by Gasteiger charge is 2.16. The fourth-order valence-corrected chi connectivity index (χ4v) is 3.70. The Morgan fingerprint density at radius 3 is 2.65 bits per heavy atom. The minimum Gasteiger partial charge on any atom is -0.366 e. The number of likely N-dealkylation sites (N-methyl/N-ethyl adjacent to an activating group) is 1. The number of non-ortho nitro benzene ring substituents is 1. The molecule has 3 aromatic rings. The zero-order valence-corrected chi connectivity index (χ0v) is 17.3. The second-order valence-electron chi connectivity index (χ2n) is 7.42. The van der Waals surface area contributed by atoms with Crippen LogP contribution in [-0.2, 0) is 6.54 Å². The molecule has 158 valence electrons. The first-order valence-electron chi connectivity index (χ1n) is 10.2. The summed E-state index contributed by atoms with van der Waals surface area (Å²) in [6, 6.07) is 12.1. The predicted molar refractivity (Wildman–Crippen MR) is 119 cm³/mol. The molecule has 1 aromatic carbocycles. The molecule has 0 aliphatic carbocycles. The van der Waals surface area contributed by atoms with Gasteiger partial charge in [-0.1, -0.05) is 13.0 Å². The molecule has 0 atom stereocenters. The van der Waals surface area contributed by atoms with Crippen LogP contribution < -0.4 is 10.2 Å². The zero-order chi connectivity index (χ0) is 21.8. The molecular formula is C22H23N7O2. The molecule has 1 aliphatic heterocycles. The summed E-state index contributed by atoms with van der Waals surface area (Å²) in [5.41, 5.74) is 1.82. The SMILES string of the molecule is CCN1CCN(c2ccc(CNc3cc(C#N)c4cc([N+](=O)[O-])ccc4n3)cn2)CC1. The van der Waals surface area contributed by atoms with E-state index in [9.17, 15) is 15.4 Å². The number of benzene rings is 1. The van der Waals surface area contributed by atoms with Crippen LogP contribution in [0.15, 0.2) is 42.6 Å². The quantitative estimate of drug-likeness (QED) is 0.481. The van der Waals surface area contributed by atoms with Gasteiger partial charge in [0.05, 0.1) is 22.1 Å². The molecule has 4 rings (SSSR count). The number of nitrogens with one attached hydrogen (secondary N) is 1. The van der Waals surface area contributed by atoms with Crippen molar-refractivity contribution in [2.45, 2.75) is 13.5 Å². The smallest absolute Gasteiger partial charge is 0.270 e. The maximum Gasteiger partial charge on any atom is 0.270 e. The number of nitriles is 1. The van der Waals surface area contributed by atoms with Crippen LogP contribution in [0.4, 0.5) is 17.3 Å². The van der Waals surface area contributed by atoms with Crippen molar-refractivity contribution >= 4 is 28.2 Å². The van der Waals surface area contributed by atoms with Crippen LogP contribution in [0.3, 0.4) is 0 Å². The normalized spacial score (nSPS) is 14.4.